The number of benzene rings is 1. The van der Waals surface area contributed by atoms with E-state index in [2.05, 4.69) is 20.6 Å². The van der Waals surface area contributed by atoms with Crippen molar-refractivity contribution >= 4 is 28.9 Å². The van der Waals surface area contributed by atoms with Gasteiger partial charge in [0, 0.05) is 38.8 Å². The molecule has 2 atom stereocenters. The molecule has 1 saturated heterocycles. The normalized spacial score (nSPS) is 21.2. The van der Waals surface area contributed by atoms with Crippen molar-refractivity contribution in [1.29, 1.82) is 5.26 Å². The van der Waals surface area contributed by atoms with E-state index in [1.807, 2.05) is 18.5 Å². The Balaban J connectivity index is 1.38. The molecule has 4 rings (SSSR count). The van der Waals surface area contributed by atoms with E-state index in [-0.39, 0.29) is 18.4 Å². The summed E-state index contributed by atoms with van der Waals surface area (Å²) in [7, 11) is 0. The molecule has 1 unspecified atom stereocenters. The van der Waals surface area contributed by atoms with Crippen molar-refractivity contribution < 1.29 is 19.4 Å². The van der Waals surface area contributed by atoms with Gasteiger partial charge in [0.05, 0.1) is 34.4 Å². The van der Waals surface area contributed by atoms with Crippen molar-refractivity contribution in [3.63, 3.8) is 0 Å². The first kappa shape index (κ1) is 27.6. The number of hydrogen-bond donors (Lipinski definition) is 2. The maximum atomic E-state index is 13.0. The topological polar surface area (TPSA) is 147 Å². The van der Waals surface area contributed by atoms with E-state index in [9.17, 15) is 20.0 Å². The van der Waals surface area contributed by atoms with E-state index in [1.54, 1.807) is 19.9 Å². The molecule has 204 valence electrons. The first-order valence-electron chi connectivity index (χ1n) is 13.5. The molecule has 10 heteroatoms. The Morgan fingerprint density at radius 2 is 2.00 bits per heavy atom. The smallest absolute Gasteiger partial charge is 0.407 e. The third kappa shape index (κ3) is 6.70. The molecule has 2 aliphatic rings. The maximum absolute atomic E-state index is 13.0. The molecule has 0 radical (unpaired) electrons. The van der Waals surface area contributed by atoms with Crippen LogP contribution in [0.5, 0.6) is 0 Å². The number of hydrogen-bond acceptors (Lipinski definition) is 5. The van der Waals surface area contributed by atoms with Crippen molar-refractivity contribution in [1.82, 2.24) is 14.5 Å². The van der Waals surface area contributed by atoms with Crippen LogP contribution < -0.4 is 5.73 Å². The second-order valence-corrected chi connectivity index (χ2v) is 11.4. The molecular formula is C28H38N6O4. The minimum Gasteiger partial charge on any atom is -0.465 e. The van der Waals surface area contributed by atoms with E-state index < -0.39 is 17.4 Å². The standard InChI is InChI=1S/C28H38N6O4/c1-28(2,26(35)32-25(30)22-8-10-38-11-9-22)17-33(27(36)37)15-20-4-3-5-21(12-20)16-34-18-31-23-7-6-19(14-29)13-24(23)34/h6-7,13,18,20-22H,3-5,8-12,15-17H2,1-2H3,(H,36,37)(H2,30,32,35)/t20?,21-/m0/s1. The Morgan fingerprint density at radius 1 is 1.26 bits per heavy atom. The number of fused-ring (bicyclic) bond motifs is 1. The Bertz CT molecular complexity index is 1220. The number of carbonyl (C=O) groups excluding carboxylic acids is 1. The van der Waals surface area contributed by atoms with Gasteiger partial charge < -0.3 is 25.0 Å². The molecule has 0 spiro atoms. The number of nitrogens with two attached hydrogens (primary N) is 1. The number of imidazole rings is 1. The Kier molecular flexibility index (Phi) is 8.67. The monoisotopic (exact) mass is 522 g/mol. The van der Waals surface area contributed by atoms with Crippen LogP contribution >= 0.6 is 0 Å². The molecule has 1 aliphatic carbocycles. The lowest BCUT2D eigenvalue weighted by molar-refractivity contribution is -0.126. The first-order chi connectivity index (χ1) is 18.2. The van der Waals surface area contributed by atoms with E-state index >= 15 is 0 Å². The fourth-order valence-electron chi connectivity index (χ4n) is 5.70. The van der Waals surface area contributed by atoms with Gasteiger partial charge in [-0.1, -0.05) is 6.42 Å². The summed E-state index contributed by atoms with van der Waals surface area (Å²) < 4.78 is 7.45. The summed E-state index contributed by atoms with van der Waals surface area (Å²) in [5, 5.41) is 19.2. The zero-order valence-electron chi connectivity index (χ0n) is 22.3. The molecule has 2 aromatic rings. The van der Waals surface area contributed by atoms with Gasteiger partial charge in [0.25, 0.3) is 5.91 Å². The van der Waals surface area contributed by atoms with Gasteiger partial charge in [-0.2, -0.15) is 10.3 Å². The van der Waals surface area contributed by atoms with Crippen LogP contribution in [0.25, 0.3) is 11.0 Å². The number of nitrogens with zero attached hydrogens (tertiary/aromatic N) is 5. The number of carbonyl (C=O) groups is 2. The van der Waals surface area contributed by atoms with Crippen LogP contribution in [0.3, 0.4) is 0 Å². The molecule has 2 amide bonds. The molecule has 1 aromatic heterocycles. The third-order valence-electron chi connectivity index (χ3n) is 7.88. The lowest BCUT2D eigenvalue weighted by atomic mass is 9.80. The van der Waals surface area contributed by atoms with E-state index in [4.69, 9.17) is 10.5 Å². The Hall–Kier alpha value is -3.45. The molecule has 38 heavy (non-hydrogen) atoms. The minimum atomic E-state index is -1.03. The lowest BCUT2D eigenvalue weighted by Crippen LogP contribution is -2.45. The van der Waals surface area contributed by atoms with Gasteiger partial charge in [0.1, 0.15) is 5.84 Å². The van der Waals surface area contributed by atoms with Gasteiger partial charge in [0.15, 0.2) is 0 Å². The summed E-state index contributed by atoms with van der Waals surface area (Å²) in [6.07, 6.45) is 6.19. The molecule has 0 bridgehead atoms. The van der Waals surface area contributed by atoms with Gasteiger partial charge in [-0.05, 0) is 76.0 Å². The maximum Gasteiger partial charge on any atom is 0.407 e. The number of amidine groups is 1. The lowest BCUT2D eigenvalue weighted by Gasteiger charge is -2.35. The summed E-state index contributed by atoms with van der Waals surface area (Å²) in [6, 6.07) is 7.69. The Morgan fingerprint density at radius 3 is 2.71 bits per heavy atom. The molecule has 1 saturated carbocycles. The number of nitriles is 1. The average Bonchev–Trinajstić information content (AvgIpc) is 3.30. The third-order valence-corrected chi connectivity index (χ3v) is 7.88. The molecule has 1 aromatic carbocycles. The van der Waals surface area contributed by atoms with Crippen LogP contribution in [0.1, 0.15) is 57.9 Å². The molecule has 2 fully saturated rings. The summed E-state index contributed by atoms with van der Waals surface area (Å²) in [5.41, 5.74) is 7.55. The van der Waals surface area contributed by atoms with E-state index in [0.717, 1.165) is 56.1 Å². The number of amides is 2. The highest BCUT2D eigenvalue weighted by molar-refractivity contribution is 5.97. The fraction of sp³-hybridized carbons (Fsp3) is 0.607. The summed E-state index contributed by atoms with van der Waals surface area (Å²) in [4.78, 5) is 35.2. The molecule has 1 aliphatic heterocycles. The van der Waals surface area contributed by atoms with Crippen molar-refractivity contribution in [2.75, 3.05) is 26.3 Å². The highest BCUT2D eigenvalue weighted by Crippen LogP contribution is 2.32. The number of ether oxygens (including phenoxy) is 1. The fourth-order valence-corrected chi connectivity index (χ4v) is 5.70. The number of carboxylic acid groups (broad SMARTS) is 1. The second kappa shape index (κ2) is 11.9. The van der Waals surface area contributed by atoms with Crippen LogP contribution in [-0.4, -0.2) is 63.7 Å². The average molecular weight is 523 g/mol. The molecule has 10 nitrogen and oxygen atoms in total. The van der Waals surface area contributed by atoms with Gasteiger partial charge in [-0.3, -0.25) is 4.79 Å². The van der Waals surface area contributed by atoms with Gasteiger partial charge in [-0.15, -0.1) is 0 Å². The number of rotatable bonds is 8. The summed E-state index contributed by atoms with van der Waals surface area (Å²) >= 11 is 0. The van der Waals surface area contributed by atoms with Gasteiger partial charge >= 0.3 is 6.09 Å². The molecule has 3 N–H and O–H groups in total. The largest absolute Gasteiger partial charge is 0.465 e. The van der Waals surface area contributed by atoms with Gasteiger partial charge in [0.2, 0.25) is 0 Å². The highest BCUT2D eigenvalue weighted by Gasteiger charge is 2.35. The Labute approximate surface area is 223 Å². The zero-order chi connectivity index (χ0) is 27.3. The van der Waals surface area contributed by atoms with Gasteiger partial charge in [-0.25, -0.2) is 9.78 Å². The predicted molar refractivity (Wildman–Crippen MR) is 143 cm³/mol. The van der Waals surface area contributed by atoms with Crippen molar-refractivity contribution in [3.8, 4) is 6.07 Å². The predicted octanol–water partition coefficient (Wildman–Crippen LogP) is 4.03. The molecule has 2 heterocycles. The minimum absolute atomic E-state index is 0.0253. The first-order valence-corrected chi connectivity index (χ1v) is 13.5. The summed E-state index contributed by atoms with van der Waals surface area (Å²) in [6.45, 7) is 5.89. The van der Waals surface area contributed by atoms with Crippen molar-refractivity contribution in [2.45, 2.75) is 58.9 Å². The van der Waals surface area contributed by atoms with Crippen molar-refractivity contribution in [2.24, 2.45) is 33.9 Å². The number of aromatic nitrogens is 2. The van der Waals surface area contributed by atoms with Crippen molar-refractivity contribution in [3.05, 3.63) is 30.1 Å². The van der Waals surface area contributed by atoms with Crippen LogP contribution in [-0.2, 0) is 16.1 Å². The van der Waals surface area contributed by atoms with Crippen LogP contribution in [0.4, 0.5) is 4.79 Å². The van der Waals surface area contributed by atoms with Crippen LogP contribution in [0.15, 0.2) is 29.5 Å². The summed E-state index contributed by atoms with van der Waals surface area (Å²) in [5.74, 6) is 0.537. The second-order valence-electron chi connectivity index (χ2n) is 11.4. The SMILES string of the molecule is CC(C)(CN(CC1CCC[C@H](Cn2cnc3ccc(C#N)cc32)C1)C(=O)O)C(=O)N=C(N)C1CCOCC1. The van der Waals surface area contributed by atoms with Crippen LogP contribution in [0.2, 0.25) is 0 Å². The van der Waals surface area contributed by atoms with E-state index in [0.29, 0.717) is 37.1 Å². The quantitative estimate of drug-likeness (QED) is 0.393. The van der Waals surface area contributed by atoms with Crippen LogP contribution in [0, 0.1) is 34.5 Å². The molecular weight excluding hydrogens is 484 g/mol. The number of aliphatic imine (C=N–C) groups is 1. The highest BCUT2D eigenvalue weighted by atomic mass is 16.5. The van der Waals surface area contributed by atoms with E-state index in [1.165, 1.54) is 4.90 Å². The zero-order valence-corrected chi connectivity index (χ0v) is 22.3.